The van der Waals surface area contributed by atoms with Crippen LogP contribution in [-0.4, -0.2) is 18.6 Å². The van der Waals surface area contributed by atoms with E-state index >= 15 is 0 Å². The lowest BCUT2D eigenvalue weighted by atomic mass is 10.2. The molecule has 1 aromatic heterocycles. The Morgan fingerprint density at radius 1 is 1.67 bits per heavy atom. The molecule has 0 saturated carbocycles. The number of hydrogen-bond donors (Lipinski definition) is 0. The summed E-state index contributed by atoms with van der Waals surface area (Å²) < 4.78 is 0.984. The number of halogens is 1. The van der Waals surface area contributed by atoms with Crippen LogP contribution in [-0.2, 0) is 9.63 Å². The smallest absolute Gasteiger partial charge is 0.203 e. The van der Waals surface area contributed by atoms with Crippen LogP contribution < -0.4 is 0 Å². The molecule has 15 heavy (non-hydrogen) atoms. The van der Waals surface area contributed by atoms with Gasteiger partial charge in [0.05, 0.1) is 0 Å². The van der Waals surface area contributed by atoms with E-state index in [1.807, 2.05) is 11.4 Å². The summed E-state index contributed by atoms with van der Waals surface area (Å²) >= 11 is 4.94. The topological polar surface area (TPSA) is 38.7 Å². The van der Waals surface area contributed by atoms with E-state index in [2.05, 4.69) is 25.9 Å². The number of carbonyl (C=O) groups excluding carboxylic acids is 1. The molecule has 1 heterocycles. The lowest BCUT2D eigenvalue weighted by Crippen LogP contribution is -2.06. The maximum absolute atomic E-state index is 11.4. The van der Waals surface area contributed by atoms with Gasteiger partial charge < -0.3 is 4.84 Å². The fourth-order valence-electron chi connectivity index (χ4n) is 0.878. The summed E-state index contributed by atoms with van der Waals surface area (Å²) in [5, 5.41) is 5.50. The molecule has 80 valence electrons. The monoisotopic (exact) mass is 287 g/mol. The van der Waals surface area contributed by atoms with Crippen molar-refractivity contribution in [1.82, 2.24) is 0 Å². The molecule has 3 nitrogen and oxygen atoms in total. The van der Waals surface area contributed by atoms with Crippen molar-refractivity contribution >= 4 is 44.8 Å². The SMILES string of the molecule is CO/N=C(\C)C(=O)/C=C/c1sccc1Br. The number of carbonyl (C=O) groups is 1. The summed E-state index contributed by atoms with van der Waals surface area (Å²) in [7, 11) is 1.41. The van der Waals surface area contributed by atoms with Crippen LogP contribution in [0.1, 0.15) is 11.8 Å². The van der Waals surface area contributed by atoms with Crippen molar-refractivity contribution in [2.24, 2.45) is 5.16 Å². The Hall–Kier alpha value is -0.940. The lowest BCUT2D eigenvalue weighted by molar-refractivity contribution is -0.109. The van der Waals surface area contributed by atoms with E-state index in [0.29, 0.717) is 5.71 Å². The van der Waals surface area contributed by atoms with Crippen molar-refractivity contribution in [3.63, 3.8) is 0 Å². The van der Waals surface area contributed by atoms with Crippen LogP contribution in [0, 0.1) is 0 Å². The van der Waals surface area contributed by atoms with Crippen molar-refractivity contribution in [2.45, 2.75) is 6.92 Å². The summed E-state index contributed by atoms with van der Waals surface area (Å²) in [6.45, 7) is 1.61. The molecule has 1 aromatic rings. The van der Waals surface area contributed by atoms with Crippen molar-refractivity contribution in [1.29, 1.82) is 0 Å². The zero-order valence-electron chi connectivity index (χ0n) is 8.36. The van der Waals surface area contributed by atoms with Gasteiger partial charge in [-0.3, -0.25) is 4.79 Å². The molecule has 0 spiro atoms. The van der Waals surface area contributed by atoms with Gasteiger partial charge in [0.15, 0.2) is 0 Å². The Labute approximate surface area is 101 Å². The third kappa shape index (κ3) is 3.60. The highest BCUT2D eigenvalue weighted by atomic mass is 79.9. The molecule has 0 aliphatic heterocycles. The third-order valence-corrected chi connectivity index (χ3v) is 3.45. The summed E-state index contributed by atoms with van der Waals surface area (Å²) in [5.74, 6) is -0.155. The molecule has 5 heteroatoms. The number of oxime groups is 1. The number of hydrogen-bond acceptors (Lipinski definition) is 4. The van der Waals surface area contributed by atoms with Crippen LogP contribution in [0.25, 0.3) is 6.08 Å². The Morgan fingerprint density at radius 3 is 2.93 bits per heavy atom. The maximum Gasteiger partial charge on any atom is 0.203 e. The average Bonchev–Trinajstić information content (AvgIpc) is 2.61. The number of thiophene rings is 1. The summed E-state index contributed by atoms with van der Waals surface area (Å²) in [6.07, 6.45) is 3.24. The first-order valence-electron chi connectivity index (χ1n) is 4.18. The molecule has 0 amide bonds. The Morgan fingerprint density at radius 2 is 2.40 bits per heavy atom. The first-order valence-corrected chi connectivity index (χ1v) is 5.85. The van der Waals surface area contributed by atoms with Gasteiger partial charge in [0.1, 0.15) is 12.8 Å². The van der Waals surface area contributed by atoms with E-state index in [9.17, 15) is 4.79 Å². The van der Waals surface area contributed by atoms with Crippen molar-refractivity contribution in [2.75, 3.05) is 7.11 Å². The maximum atomic E-state index is 11.4. The fourth-order valence-corrected chi connectivity index (χ4v) is 2.28. The predicted octanol–water partition coefficient (Wildman–Crippen LogP) is 3.12. The highest BCUT2D eigenvalue weighted by molar-refractivity contribution is 9.10. The zero-order chi connectivity index (χ0) is 11.3. The minimum absolute atomic E-state index is 0.155. The molecule has 0 radical (unpaired) electrons. The van der Waals surface area contributed by atoms with E-state index in [4.69, 9.17) is 0 Å². The van der Waals surface area contributed by atoms with Gasteiger partial charge in [0, 0.05) is 9.35 Å². The molecular formula is C10H10BrNO2S. The van der Waals surface area contributed by atoms with Gasteiger partial charge in [-0.15, -0.1) is 11.3 Å². The van der Waals surface area contributed by atoms with Crippen LogP contribution in [0.15, 0.2) is 27.2 Å². The highest BCUT2D eigenvalue weighted by Crippen LogP contribution is 2.23. The van der Waals surface area contributed by atoms with Gasteiger partial charge in [0.2, 0.25) is 5.78 Å². The molecular weight excluding hydrogens is 278 g/mol. The minimum Gasteiger partial charge on any atom is -0.399 e. The minimum atomic E-state index is -0.155. The second-order valence-electron chi connectivity index (χ2n) is 2.69. The van der Waals surface area contributed by atoms with E-state index in [1.54, 1.807) is 24.3 Å². The lowest BCUT2D eigenvalue weighted by Gasteiger charge is -1.92. The number of rotatable bonds is 4. The first kappa shape index (κ1) is 12.1. The van der Waals surface area contributed by atoms with E-state index in [0.717, 1.165) is 9.35 Å². The van der Waals surface area contributed by atoms with E-state index in [1.165, 1.54) is 13.2 Å². The molecule has 0 unspecified atom stereocenters. The fraction of sp³-hybridized carbons (Fsp3) is 0.200. The second-order valence-corrected chi connectivity index (χ2v) is 4.49. The highest BCUT2D eigenvalue weighted by Gasteiger charge is 2.03. The van der Waals surface area contributed by atoms with Gasteiger partial charge in [-0.1, -0.05) is 5.16 Å². The average molecular weight is 288 g/mol. The van der Waals surface area contributed by atoms with Gasteiger partial charge in [-0.05, 0) is 46.5 Å². The van der Waals surface area contributed by atoms with Gasteiger partial charge in [-0.25, -0.2) is 0 Å². The molecule has 0 aliphatic carbocycles. The van der Waals surface area contributed by atoms with Crippen LogP contribution >= 0.6 is 27.3 Å². The third-order valence-electron chi connectivity index (χ3n) is 1.62. The Kier molecular flexibility index (Phi) is 4.71. The largest absolute Gasteiger partial charge is 0.399 e. The van der Waals surface area contributed by atoms with Crippen molar-refractivity contribution in [3.05, 3.63) is 26.9 Å². The number of allylic oxidation sites excluding steroid dienone is 1. The molecule has 0 fully saturated rings. The van der Waals surface area contributed by atoms with Crippen LogP contribution in [0.2, 0.25) is 0 Å². The molecule has 0 N–H and O–H groups in total. The molecule has 0 aliphatic rings. The molecule has 0 bridgehead atoms. The van der Waals surface area contributed by atoms with Gasteiger partial charge >= 0.3 is 0 Å². The zero-order valence-corrected chi connectivity index (χ0v) is 10.8. The van der Waals surface area contributed by atoms with Gasteiger partial charge in [0.25, 0.3) is 0 Å². The van der Waals surface area contributed by atoms with E-state index in [-0.39, 0.29) is 5.78 Å². The number of ketones is 1. The van der Waals surface area contributed by atoms with Crippen LogP contribution in [0.5, 0.6) is 0 Å². The molecule has 0 atom stereocenters. The normalized spacial score (nSPS) is 12.1. The molecule has 0 aromatic carbocycles. The van der Waals surface area contributed by atoms with Crippen molar-refractivity contribution < 1.29 is 9.63 Å². The number of nitrogens with zero attached hydrogens (tertiary/aromatic N) is 1. The standard InChI is InChI=1S/C10H10BrNO2S/c1-7(12-14-2)9(13)3-4-10-8(11)5-6-15-10/h3-6H,1-2H3/b4-3+,12-7+. The predicted molar refractivity (Wildman–Crippen MR) is 66.2 cm³/mol. The summed E-state index contributed by atoms with van der Waals surface area (Å²) in [4.78, 5) is 17.0. The molecule has 0 saturated heterocycles. The van der Waals surface area contributed by atoms with Crippen LogP contribution in [0.3, 0.4) is 0 Å². The quantitative estimate of drug-likeness (QED) is 0.485. The van der Waals surface area contributed by atoms with Crippen molar-refractivity contribution in [3.8, 4) is 0 Å². The molecule has 1 rings (SSSR count). The first-order chi connectivity index (χ1) is 7.15. The summed E-state index contributed by atoms with van der Waals surface area (Å²) in [5.41, 5.74) is 0.335. The van der Waals surface area contributed by atoms with Crippen LogP contribution in [0.4, 0.5) is 0 Å². The Balaban J connectivity index is 2.71. The Bertz CT molecular complexity index is 409. The van der Waals surface area contributed by atoms with E-state index < -0.39 is 0 Å². The second kappa shape index (κ2) is 5.82. The van der Waals surface area contributed by atoms with Gasteiger partial charge in [-0.2, -0.15) is 0 Å². The summed E-state index contributed by atoms with van der Waals surface area (Å²) in [6, 6.07) is 1.94.